The number of rotatable bonds is 9. The van der Waals surface area contributed by atoms with Crippen LogP contribution in [-0.4, -0.2) is 57.9 Å². The number of likely N-dealkylation sites (tertiary alicyclic amines) is 1. The van der Waals surface area contributed by atoms with Crippen molar-refractivity contribution in [3.05, 3.63) is 77.9 Å². The van der Waals surface area contributed by atoms with Crippen LogP contribution in [0.1, 0.15) is 29.3 Å². The molecule has 2 aromatic rings. The van der Waals surface area contributed by atoms with Gasteiger partial charge < -0.3 is 15.5 Å². The van der Waals surface area contributed by atoms with Crippen molar-refractivity contribution in [3.63, 3.8) is 0 Å². The molecule has 1 amide bonds. The Morgan fingerprint density at radius 2 is 1.61 bits per heavy atom. The Labute approximate surface area is 191 Å². The molecule has 1 fully saturated rings. The molecule has 1 aliphatic heterocycles. The standard InChI is InChI=1S/C25H26N2O6/c1-15(2)20-13-27(23(25(32)33)19(20)12-22(29)30)14-21(28)26-18-10-8-17(9-11-18)24(31)16-6-4-3-5-7-16/h3-11,19-20,23H,1,12-14H2,2H3,(H,26,28)(H,29,30)(H,32,33). The summed E-state index contributed by atoms with van der Waals surface area (Å²) in [7, 11) is 0. The molecule has 33 heavy (non-hydrogen) atoms. The van der Waals surface area contributed by atoms with Gasteiger partial charge in [-0.15, -0.1) is 0 Å². The fourth-order valence-electron chi connectivity index (χ4n) is 4.32. The predicted octanol–water partition coefficient (Wildman–Crippen LogP) is 2.91. The lowest BCUT2D eigenvalue weighted by atomic mass is 9.84. The number of aliphatic carboxylic acids is 2. The fraction of sp³-hybridized carbons (Fsp3) is 0.280. The third kappa shape index (κ3) is 5.72. The number of hydrogen-bond acceptors (Lipinski definition) is 5. The number of ketones is 1. The Kier molecular flexibility index (Phi) is 7.40. The van der Waals surface area contributed by atoms with Gasteiger partial charge >= 0.3 is 11.9 Å². The number of carboxylic acids is 2. The van der Waals surface area contributed by atoms with E-state index in [0.29, 0.717) is 22.4 Å². The van der Waals surface area contributed by atoms with E-state index in [0.717, 1.165) is 0 Å². The highest BCUT2D eigenvalue weighted by Gasteiger charge is 2.47. The highest BCUT2D eigenvalue weighted by molar-refractivity contribution is 6.09. The van der Waals surface area contributed by atoms with Crippen molar-refractivity contribution in [1.82, 2.24) is 4.90 Å². The maximum atomic E-state index is 12.6. The second-order valence-corrected chi connectivity index (χ2v) is 8.25. The normalized spacial score (nSPS) is 20.2. The molecular weight excluding hydrogens is 424 g/mol. The molecule has 172 valence electrons. The topological polar surface area (TPSA) is 124 Å². The Hall–Kier alpha value is -3.78. The SMILES string of the molecule is C=C(C)C1CN(CC(=O)Nc2ccc(C(=O)c3ccccc3)cc2)C(C(=O)O)C1CC(=O)O. The number of carbonyl (C=O) groups excluding carboxylic acids is 2. The van der Waals surface area contributed by atoms with Gasteiger partial charge in [-0.1, -0.05) is 42.5 Å². The monoisotopic (exact) mass is 450 g/mol. The molecule has 0 aromatic heterocycles. The summed E-state index contributed by atoms with van der Waals surface area (Å²) in [5, 5.41) is 21.7. The lowest BCUT2D eigenvalue weighted by Crippen LogP contribution is -2.44. The Morgan fingerprint density at radius 3 is 2.15 bits per heavy atom. The summed E-state index contributed by atoms with van der Waals surface area (Å²) in [5.74, 6) is -3.83. The van der Waals surface area contributed by atoms with Gasteiger partial charge in [-0.2, -0.15) is 0 Å². The third-order valence-corrected chi connectivity index (χ3v) is 5.86. The van der Waals surface area contributed by atoms with Gasteiger partial charge in [-0.3, -0.25) is 24.1 Å². The largest absolute Gasteiger partial charge is 0.481 e. The van der Waals surface area contributed by atoms with E-state index in [2.05, 4.69) is 11.9 Å². The molecule has 3 unspecified atom stereocenters. The van der Waals surface area contributed by atoms with Gasteiger partial charge in [0.25, 0.3) is 0 Å². The number of carboxylic acid groups (broad SMARTS) is 2. The van der Waals surface area contributed by atoms with Crippen LogP contribution >= 0.6 is 0 Å². The van der Waals surface area contributed by atoms with E-state index in [1.807, 2.05) is 6.07 Å². The number of nitrogens with zero attached hydrogens (tertiary/aromatic N) is 1. The van der Waals surface area contributed by atoms with Gasteiger partial charge in [0.05, 0.1) is 13.0 Å². The van der Waals surface area contributed by atoms with E-state index in [1.165, 1.54) is 4.90 Å². The fourth-order valence-corrected chi connectivity index (χ4v) is 4.32. The third-order valence-electron chi connectivity index (χ3n) is 5.86. The Bertz CT molecular complexity index is 1060. The molecule has 0 aliphatic carbocycles. The van der Waals surface area contributed by atoms with Crippen LogP contribution in [0.25, 0.3) is 0 Å². The number of hydrogen-bond donors (Lipinski definition) is 3. The van der Waals surface area contributed by atoms with Crippen molar-refractivity contribution >= 4 is 29.3 Å². The van der Waals surface area contributed by atoms with Crippen LogP contribution in [-0.2, 0) is 14.4 Å². The first-order valence-electron chi connectivity index (χ1n) is 10.5. The first kappa shape index (κ1) is 23.9. The first-order valence-corrected chi connectivity index (χ1v) is 10.5. The van der Waals surface area contributed by atoms with Crippen molar-refractivity contribution in [2.75, 3.05) is 18.4 Å². The maximum Gasteiger partial charge on any atom is 0.321 e. The van der Waals surface area contributed by atoms with E-state index in [9.17, 15) is 29.4 Å². The van der Waals surface area contributed by atoms with Crippen molar-refractivity contribution in [1.29, 1.82) is 0 Å². The smallest absolute Gasteiger partial charge is 0.321 e. The highest BCUT2D eigenvalue weighted by Crippen LogP contribution is 2.36. The van der Waals surface area contributed by atoms with Gasteiger partial charge in [0.15, 0.2) is 5.78 Å². The summed E-state index contributed by atoms with van der Waals surface area (Å²) >= 11 is 0. The zero-order valence-electron chi connectivity index (χ0n) is 18.2. The van der Waals surface area contributed by atoms with E-state index < -0.39 is 29.8 Å². The first-order chi connectivity index (χ1) is 15.7. The van der Waals surface area contributed by atoms with Gasteiger partial charge in [0, 0.05) is 29.3 Å². The van der Waals surface area contributed by atoms with E-state index in [-0.39, 0.29) is 31.2 Å². The highest BCUT2D eigenvalue weighted by atomic mass is 16.4. The molecule has 3 N–H and O–H groups in total. The summed E-state index contributed by atoms with van der Waals surface area (Å²) in [6.45, 7) is 5.64. The average molecular weight is 450 g/mol. The molecule has 8 heteroatoms. The van der Waals surface area contributed by atoms with Crippen LogP contribution in [0.15, 0.2) is 66.7 Å². The van der Waals surface area contributed by atoms with Crippen molar-refractivity contribution in [2.45, 2.75) is 19.4 Å². The van der Waals surface area contributed by atoms with Crippen LogP contribution in [0.4, 0.5) is 5.69 Å². The molecule has 1 heterocycles. The van der Waals surface area contributed by atoms with Crippen LogP contribution < -0.4 is 5.32 Å². The summed E-state index contributed by atoms with van der Waals surface area (Å²) < 4.78 is 0. The van der Waals surface area contributed by atoms with Gasteiger partial charge in [-0.05, 0) is 37.1 Å². The molecule has 0 saturated carbocycles. The molecular formula is C25H26N2O6. The second kappa shape index (κ2) is 10.2. The number of benzene rings is 2. The molecule has 1 saturated heterocycles. The molecule has 1 aliphatic rings. The Morgan fingerprint density at radius 1 is 1.00 bits per heavy atom. The summed E-state index contributed by atoms with van der Waals surface area (Å²) in [5.41, 5.74) is 2.19. The number of anilines is 1. The molecule has 0 radical (unpaired) electrons. The zero-order chi connectivity index (χ0) is 24.1. The number of amides is 1. The van der Waals surface area contributed by atoms with Crippen LogP contribution in [0.5, 0.6) is 0 Å². The predicted molar refractivity (Wildman–Crippen MR) is 122 cm³/mol. The summed E-state index contributed by atoms with van der Waals surface area (Å²) in [6.07, 6.45) is -0.316. The van der Waals surface area contributed by atoms with E-state index in [1.54, 1.807) is 55.5 Å². The quantitative estimate of drug-likeness (QED) is 0.396. The van der Waals surface area contributed by atoms with Crippen LogP contribution in [0.2, 0.25) is 0 Å². The minimum atomic E-state index is -1.17. The number of nitrogens with one attached hydrogen (secondary N) is 1. The van der Waals surface area contributed by atoms with Crippen LogP contribution in [0.3, 0.4) is 0 Å². The van der Waals surface area contributed by atoms with Crippen molar-refractivity contribution < 1.29 is 29.4 Å². The molecule has 3 rings (SSSR count). The lowest BCUT2D eigenvalue weighted by molar-refractivity contribution is -0.145. The molecule has 0 bridgehead atoms. The second-order valence-electron chi connectivity index (χ2n) is 8.25. The minimum Gasteiger partial charge on any atom is -0.481 e. The van der Waals surface area contributed by atoms with Gasteiger partial charge in [0.1, 0.15) is 6.04 Å². The zero-order valence-corrected chi connectivity index (χ0v) is 18.2. The molecule has 0 spiro atoms. The lowest BCUT2D eigenvalue weighted by Gasteiger charge is -2.23. The maximum absolute atomic E-state index is 12.6. The van der Waals surface area contributed by atoms with Gasteiger partial charge in [-0.25, -0.2) is 0 Å². The summed E-state index contributed by atoms with van der Waals surface area (Å²) in [6, 6.07) is 14.2. The molecule has 2 aromatic carbocycles. The summed E-state index contributed by atoms with van der Waals surface area (Å²) in [4.78, 5) is 49.8. The average Bonchev–Trinajstić information content (AvgIpc) is 3.11. The number of carbonyl (C=O) groups is 4. The van der Waals surface area contributed by atoms with E-state index in [4.69, 9.17) is 0 Å². The van der Waals surface area contributed by atoms with Crippen LogP contribution in [0, 0.1) is 11.8 Å². The van der Waals surface area contributed by atoms with E-state index >= 15 is 0 Å². The minimum absolute atomic E-state index is 0.134. The molecule has 3 atom stereocenters. The van der Waals surface area contributed by atoms with Crippen molar-refractivity contribution in [2.24, 2.45) is 11.8 Å². The van der Waals surface area contributed by atoms with Gasteiger partial charge in [0.2, 0.25) is 5.91 Å². The van der Waals surface area contributed by atoms with Crippen molar-refractivity contribution in [3.8, 4) is 0 Å². The Balaban J connectivity index is 1.68. The molecule has 8 nitrogen and oxygen atoms in total.